The molecule has 5 heteroatoms. The third-order valence-electron chi connectivity index (χ3n) is 2.57. The zero-order valence-electron chi connectivity index (χ0n) is 7.96. The van der Waals surface area contributed by atoms with Crippen LogP contribution in [-0.2, 0) is 9.84 Å². The van der Waals surface area contributed by atoms with E-state index >= 15 is 0 Å². The SMILES string of the molecule is NC(=S)[C@H]1C[C@@H]1S(=O)(=O)c1ccccc1. The van der Waals surface area contributed by atoms with Crippen molar-refractivity contribution >= 4 is 27.0 Å². The molecule has 1 aromatic rings. The van der Waals surface area contributed by atoms with E-state index in [0.717, 1.165) is 0 Å². The van der Waals surface area contributed by atoms with E-state index in [1.165, 1.54) is 0 Å². The Morgan fingerprint density at radius 3 is 2.40 bits per heavy atom. The Hall–Kier alpha value is -0.940. The molecule has 0 unspecified atom stereocenters. The molecule has 2 rings (SSSR count). The van der Waals surface area contributed by atoms with Crippen molar-refractivity contribution in [1.29, 1.82) is 0 Å². The van der Waals surface area contributed by atoms with E-state index in [1.807, 2.05) is 0 Å². The first-order chi connectivity index (χ1) is 7.03. The van der Waals surface area contributed by atoms with Gasteiger partial charge in [-0.05, 0) is 18.6 Å². The molecule has 0 heterocycles. The molecule has 0 saturated heterocycles. The van der Waals surface area contributed by atoms with E-state index in [4.69, 9.17) is 18.0 Å². The van der Waals surface area contributed by atoms with Gasteiger partial charge >= 0.3 is 0 Å². The van der Waals surface area contributed by atoms with Gasteiger partial charge in [0.15, 0.2) is 9.84 Å². The molecular formula is C10H11NO2S2. The van der Waals surface area contributed by atoms with Crippen LogP contribution in [0.4, 0.5) is 0 Å². The van der Waals surface area contributed by atoms with Crippen LogP contribution in [-0.4, -0.2) is 18.7 Å². The van der Waals surface area contributed by atoms with Gasteiger partial charge < -0.3 is 5.73 Å². The fraction of sp³-hybridized carbons (Fsp3) is 0.300. The molecule has 0 radical (unpaired) electrons. The zero-order chi connectivity index (χ0) is 11.1. The summed E-state index contributed by atoms with van der Waals surface area (Å²) in [6, 6.07) is 8.42. The lowest BCUT2D eigenvalue weighted by Crippen LogP contribution is -2.17. The van der Waals surface area contributed by atoms with Crippen molar-refractivity contribution < 1.29 is 8.42 Å². The summed E-state index contributed by atoms with van der Waals surface area (Å²) in [5.41, 5.74) is 5.43. The predicted molar refractivity (Wildman–Crippen MR) is 62.3 cm³/mol. The molecule has 1 aliphatic carbocycles. The van der Waals surface area contributed by atoms with Crippen LogP contribution in [0.3, 0.4) is 0 Å². The highest BCUT2D eigenvalue weighted by molar-refractivity contribution is 7.92. The molecule has 0 aliphatic heterocycles. The standard InChI is InChI=1S/C10H11NO2S2/c11-10(14)8-6-9(8)15(12,13)7-4-2-1-3-5-7/h1-5,8-9H,6H2,(H2,11,14)/t8-,9-/m0/s1. The van der Waals surface area contributed by atoms with Gasteiger partial charge in [0, 0.05) is 5.92 Å². The zero-order valence-corrected chi connectivity index (χ0v) is 9.59. The average Bonchev–Trinajstić information content (AvgIpc) is 2.99. The Bertz CT molecular complexity index is 481. The monoisotopic (exact) mass is 241 g/mol. The van der Waals surface area contributed by atoms with Crippen LogP contribution >= 0.6 is 12.2 Å². The number of rotatable bonds is 3. The number of benzene rings is 1. The first-order valence-electron chi connectivity index (χ1n) is 4.62. The van der Waals surface area contributed by atoms with Crippen molar-refractivity contribution in [3.05, 3.63) is 30.3 Å². The predicted octanol–water partition coefficient (Wildman–Crippen LogP) is 1.13. The molecule has 15 heavy (non-hydrogen) atoms. The highest BCUT2D eigenvalue weighted by Crippen LogP contribution is 2.40. The fourth-order valence-corrected chi connectivity index (χ4v) is 3.87. The summed E-state index contributed by atoms with van der Waals surface area (Å²) >= 11 is 4.79. The number of hydrogen-bond donors (Lipinski definition) is 1. The van der Waals surface area contributed by atoms with Gasteiger partial charge in [-0.25, -0.2) is 8.42 Å². The molecule has 1 saturated carbocycles. The number of hydrogen-bond acceptors (Lipinski definition) is 3. The lowest BCUT2D eigenvalue weighted by Gasteiger charge is -2.02. The van der Waals surface area contributed by atoms with E-state index in [1.54, 1.807) is 30.3 Å². The van der Waals surface area contributed by atoms with Crippen molar-refractivity contribution in [1.82, 2.24) is 0 Å². The Morgan fingerprint density at radius 2 is 1.93 bits per heavy atom. The summed E-state index contributed by atoms with van der Waals surface area (Å²) in [7, 11) is -3.23. The number of nitrogens with two attached hydrogens (primary N) is 1. The summed E-state index contributed by atoms with van der Waals surface area (Å²) in [6.07, 6.45) is 0.562. The fourth-order valence-electron chi connectivity index (χ4n) is 1.60. The third-order valence-corrected chi connectivity index (χ3v) is 5.12. The van der Waals surface area contributed by atoms with E-state index in [0.29, 0.717) is 16.3 Å². The summed E-state index contributed by atoms with van der Waals surface area (Å²) in [6.45, 7) is 0. The van der Waals surface area contributed by atoms with Crippen molar-refractivity contribution in [2.24, 2.45) is 11.7 Å². The van der Waals surface area contributed by atoms with Gasteiger partial charge in [-0.3, -0.25) is 0 Å². The summed E-state index contributed by atoms with van der Waals surface area (Å²) < 4.78 is 24.0. The molecule has 3 nitrogen and oxygen atoms in total. The lowest BCUT2D eigenvalue weighted by atomic mass is 10.4. The minimum absolute atomic E-state index is 0.134. The van der Waals surface area contributed by atoms with Crippen LogP contribution in [0.25, 0.3) is 0 Å². The minimum Gasteiger partial charge on any atom is -0.393 e. The topological polar surface area (TPSA) is 60.2 Å². The van der Waals surface area contributed by atoms with E-state index < -0.39 is 15.1 Å². The van der Waals surface area contributed by atoms with Crippen molar-refractivity contribution in [3.63, 3.8) is 0 Å². The molecule has 0 spiro atoms. The van der Waals surface area contributed by atoms with Crippen LogP contribution in [0.5, 0.6) is 0 Å². The van der Waals surface area contributed by atoms with Crippen LogP contribution < -0.4 is 5.73 Å². The quantitative estimate of drug-likeness (QED) is 0.806. The van der Waals surface area contributed by atoms with Gasteiger partial charge in [0.2, 0.25) is 0 Å². The summed E-state index contributed by atoms with van der Waals surface area (Å²) in [5, 5.41) is -0.405. The van der Waals surface area contributed by atoms with Crippen LogP contribution in [0, 0.1) is 5.92 Å². The Balaban J connectivity index is 2.28. The summed E-state index contributed by atoms with van der Waals surface area (Å²) in [5.74, 6) is -0.134. The molecule has 2 atom stereocenters. The highest BCUT2D eigenvalue weighted by atomic mass is 32.2. The molecule has 80 valence electrons. The van der Waals surface area contributed by atoms with E-state index in [-0.39, 0.29) is 5.92 Å². The van der Waals surface area contributed by atoms with Crippen LogP contribution in [0.15, 0.2) is 35.2 Å². The highest BCUT2D eigenvalue weighted by Gasteiger charge is 2.49. The van der Waals surface area contributed by atoms with Gasteiger partial charge in [-0.1, -0.05) is 30.4 Å². The molecule has 1 aliphatic rings. The van der Waals surface area contributed by atoms with Gasteiger partial charge in [-0.2, -0.15) is 0 Å². The smallest absolute Gasteiger partial charge is 0.181 e. The van der Waals surface area contributed by atoms with Gasteiger partial charge in [0.05, 0.1) is 15.1 Å². The molecule has 0 aromatic heterocycles. The third kappa shape index (κ3) is 1.89. The largest absolute Gasteiger partial charge is 0.393 e. The normalized spacial score (nSPS) is 24.8. The Labute approximate surface area is 94.2 Å². The van der Waals surface area contributed by atoms with Gasteiger partial charge in [0.1, 0.15) is 0 Å². The van der Waals surface area contributed by atoms with Crippen LogP contribution in [0.1, 0.15) is 6.42 Å². The van der Waals surface area contributed by atoms with Crippen molar-refractivity contribution in [3.8, 4) is 0 Å². The molecule has 1 aromatic carbocycles. The number of thiocarbonyl (C=S) groups is 1. The molecular weight excluding hydrogens is 230 g/mol. The Kier molecular flexibility index (Phi) is 2.52. The Morgan fingerprint density at radius 1 is 1.33 bits per heavy atom. The molecule has 1 fully saturated rings. The van der Waals surface area contributed by atoms with Crippen LogP contribution in [0.2, 0.25) is 0 Å². The maximum absolute atomic E-state index is 12.0. The average molecular weight is 241 g/mol. The van der Waals surface area contributed by atoms with Gasteiger partial charge in [-0.15, -0.1) is 0 Å². The van der Waals surface area contributed by atoms with Crippen molar-refractivity contribution in [2.45, 2.75) is 16.6 Å². The summed E-state index contributed by atoms with van der Waals surface area (Å²) in [4.78, 5) is 0.660. The molecule has 2 N–H and O–H groups in total. The second-order valence-corrected chi connectivity index (χ2v) is 6.28. The van der Waals surface area contributed by atoms with E-state index in [9.17, 15) is 8.42 Å². The second-order valence-electron chi connectivity index (χ2n) is 3.64. The maximum Gasteiger partial charge on any atom is 0.181 e. The first kappa shape index (κ1) is 10.6. The van der Waals surface area contributed by atoms with Gasteiger partial charge in [0.25, 0.3) is 0 Å². The lowest BCUT2D eigenvalue weighted by molar-refractivity contribution is 0.594. The maximum atomic E-state index is 12.0. The minimum atomic E-state index is -3.23. The first-order valence-corrected chi connectivity index (χ1v) is 6.57. The number of sulfone groups is 1. The second kappa shape index (κ2) is 3.57. The molecule has 0 bridgehead atoms. The van der Waals surface area contributed by atoms with E-state index in [2.05, 4.69) is 0 Å². The molecule has 0 amide bonds. The van der Waals surface area contributed by atoms with Crippen molar-refractivity contribution in [2.75, 3.05) is 0 Å².